The predicted octanol–water partition coefficient (Wildman–Crippen LogP) is 1.03. The van der Waals surface area contributed by atoms with Crippen LogP contribution in [0, 0.1) is 11.8 Å². The van der Waals surface area contributed by atoms with E-state index in [0.717, 1.165) is 19.3 Å². The van der Waals surface area contributed by atoms with E-state index in [-0.39, 0.29) is 18.4 Å². The second-order valence-electron chi connectivity index (χ2n) is 5.25. The van der Waals surface area contributed by atoms with Crippen molar-refractivity contribution in [3.05, 3.63) is 0 Å². The predicted molar refractivity (Wildman–Crippen MR) is 77.5 cm³/mol. The van der Waals surface area contributed by atoms with Gasteiger partial charge in [-0.15, -0.1) is 0 Å². The van der Waals surface area contributed by atoms with Crippen LogP contribution in [0.3, 0.4) is 0 Å². The van der Waals surface area contributed by atoms with Crippen LogP contribution in [0.5, 0.6) is 0 Å². The number of hydrogen-bond donors (Lipinski definition) is 3. The highest BCUT2D eigenvalue weighted by atomic mass is 16.2. The first-order valence-electron chi connectivity index (χ1n) is 7.24. The monoisotopic (exact) mass is 271 g/mol. The topological polar surface area (TPSA) is 84.2 Å². The quantitative estimate of drug-likeness (QED) is 0.555. The summed E-state index contributed by atoms with van der Waals surface area (Å²) in [7, 11) is 0. The van der Waals surface area contributed by atoms with Gasteiger partial charge in [0.15, 0.2) is 0 Å². The third-order valence-electron chi connectivity index (χ3n) is 3.24. The molecular weight excluding hydrogens is 242 g/mol. The molecule has 1 unspecified atom stereocenters. The minimum Gasteiger partial charge on any atom is -0.355 e. The zero-order chi connectivity index (χ0) is 14.7. The average molecular weight is 271 g/mol. The van der Waals surface area contributed by atoms with Crippen molar-refractivity contribution in [2.75, 3.05) is 19.6 Å². The SMILES string of the molecule is CCCNC(=O)CNC(=O)CCC(CCN)C(C)C. The minimum atomic E-state index is -0.127. The second-order valence-corrected chi connectivity index (χ2v) is 5.25. The molecule has 0 aliphatic rings. The largest absolute Gasteiger partial charge is 0.355 e. The fourth-order valence-electron chi connectivity index (χ4n) is 1.94. The lowest BCUT2D eigenvalue weighted by Gasteiger charge is -2.19. The Balaban J connectivity index is 3.82. The summed E-state index contributed by atoms with van der Waals surface area (Å²) in [5, 5.41) is 5.37. The summed E-state index contributed by atoms with van der Waals surface area (Å²) in [5.74, 6) is 0.820. The molecule has 0 rings (SSSR count). The summed E-state index contributed by atoms with van der Waals surface area (Å²) in [6.45, 7) is 7.67. The molecule has 0 spiro atoms. The van der Waals surface area contributed by atoms with E-state index in [2.05, 4.69) is 24.5 Å². The summed E-state index contributed by atoms with van der Waals surface area (Å²) in [5.41, 5.74) is 5.57. The van der Waals surface area contributed by atoms with Crippen molar-refractivity contribution in [3.63, 3.8) is 0 Å². The highest BCUT2D eigenvalue weighted by molar-refractivity contribution is 5.84. The van der Waals surface area contributed by atoms with E-state index >= 15 is 0 Å². The van der Waals surface area contributed by atoms with Gasteiger partial charge in [0.05, 0.1) is 6.54 Å². The summed E-state index contributed by atoms with van der Waals surface area (Å²) in [4.78, 5) is 22.9. The van der Waals surface area contributed by atoms with Crippen LogP contribution in [-0.2, 0) is 9.59 Å². The van der Waals surface area contributed by atoms with Gasteiger partial charge in [-0.25, -0.2) is 0 Å². The Hall–Kier alpha value is -1.10. The van der Waals surface area contributed by atoms with E-state index in [1.54, 1.807) is 0 Å². The van der Waals surface area contributed by atoms with Gasteiger partial charge in [0.2, 0.25) is 11.8 Å². The molecule has 0 saturated heterocycles. The molecule has 5 nitrogen and oxygen atoms in total. The van der Waals surface area contributed by atoms with Crippen molar-refractivity contribution in [1.82, 2.24) is 10.6 Å². The van der Waals surface area contributed by atoms with Gasteiger partial charge in [-0.2, -0.15) is 0 Å². The van der Waals surface area contributed by atoms with E-state index in [9.17, 15) is 9.59 Å². The van der Waals surface area contributed by atoms with Crippen molar-refractivity contribution in [3.8, 4) is 0 Å². The molecule has 2 amide bonds. The van der Waals surface area contributed by atoms with E-state index in [0.29, 0.717) is 31.3 Å². The van der Waals surface area contributed by atoms with Crippen LogP contribution in [-0.4, -0.2) is 31.4 Å². The molecule has 0 aliphatic carbocycles. The maximum Gasteiger partial charge on any atom is 0.239 e. The average Bonchev–Trinajstić information content (AvgIpc) is 2.38. The van der Waals surface area contributed by atoms with Gasteiger partial charge < -0.3 is 16.4 Å². The number of carbonyl (C=O) groups excluding carboxylic acids is 2. The molecule has 5 heteroatoms. The molecule has 0 saturated carbocycles. The number of hydrogen-bond acceptors (Lipinski definition) is 3. The van der Waals surface area contributed by atoms with Gasteiger partial charge in [-0.05, 0) is 37.6 Å². The summed E-state index contributed by atoms with van der Waals surface area (Å²) in [6, 6.07) is 0. The lowest BCUT2D eigenvalue weighted by atomic mass is 9.88. The molecule has 19 heavy (non-hydrogen) atoms. The smallest absolute Gasteiger partial charge is 0.239 e. The molecule has 4 N–H and O–H groups in total. The van der Waals surface area contributed by atoms with Gasteiger partial charge >= 0.3 is 0 Å². The molecule has 0 fully saturated rings. The number of amides is 2. The fourth-order valence-corrected chi connectivity index (χ4v) is 1.94. The summed E-state index contributed by atoms with van der Waals surface area (Å²) in [6.07, 6.45) is 3.14. The van der Waals surface area contributed by atoms with Crippen molar-refractivity contribution in [2.24, 2.45) is 17.6 Å². The third-order valence-corrected chi connectivity index (χ3v) is 3.24. The molecular formula is C14H29N3O2. The number of nitrogens with one attached hydrogen (secondary N) is 2. The van der Waals surface area contributed by atoms with Crippen LogP contribution in [0.1, 0.15) is 46.5 Å². The first kappa shape index (κ1) is 17.9. The van der Waals surface area contributed by atoms with Crippen molar-refractivity contribution < 1.29 is 9.59 Å². The molecule has 1 atom stereocenters. The molecule has 112 valence electrons. The molecule has 0 aromatic carbocycles. The lowest BCUT2D eigenvalue weighted by molar-refractivity contribution is -0.126. The number of rotatable bonds is 10. The maximum absolute atomic E-state index is 11.6. The molecule has 0 aromatic heterocycles. The Labute approximate surface area is 116 Å². The highest BCUT2D eigenvalue weighted by Gasteiger charge is 2.14. The second kappa shape index (κ2) is 10.8. The standard InChI is InChI=1S/C14H29N3O2/c1-4-9-16-14(19)10-17-13(18)6-5-12(7-8-15)11(2)3/h11-12H,4-10,15H2,1-3H3,(H,16,19)(H,17,18). The Morgan fingerprint density at radius 1 is 1.11 bits per heavy atom. The van der Waals surface area contributed by atoms with Crippen molar-refractivity contribution >= 4 is 11.8 Å². The van der Waals surface area contributed by atoms with Gasteiger partial charge in [-0.1, -0.05) is 20.8 Å². The first-order chi connectivity index (χ1) is 9.01. The Kier molecular flexibility index (Phi) is 10.2. The van der Waals surface area contributed by atoms with Gasteiger partial charge in [0.25, 0.3) is 0 Å². The lowest BCUT2D eigenvalue weighted by Crippen LogP contribution is -2.37. The Morgan fingerprint density at radius 3 is 2.32 bits per heavy atom. The number of nitrogens with two attached hydrogens (primary N) is 1. The molecule has 0 aliphatic heterocycles. The van der Waals surface area contributed by atoms with E-state index < -0.39 is 0 Å². The van der Waals surface area contributed by atoms with E-state index in [1.807, 2.05) is 6.92 Å². The van der Waals surface area contributed by atoms with Gasteiger partial charge in [0, 0.05) is 13.0 Å². The van der Waals surface area contributed by atoms with E-state index in [4.69, 9.17) is 5.73 Å². The van der Waals surface area contributed by atoms with Crippen LogP contribution >= 0.6 is 0 Å². The highest BCUT2D eigenvalue weighted by Crippen LogP contribution is 2.20. The number of carbonyl (C=O) groups is 2. The van der Waals surface area contributed by atoms with Gasteiger partial charge in [-0.3, -0.25) is 9.59 Å². The normalized spacial score (nSPS) is 12.3. The van der Waals surface area contributed by atoms with Crippen LogP contribution in [0.15, 0.2) is 0 Å². The van der Waals surface area contributed by atoms with Crippen LogP contribution in [0.25, 0.3) is 0 Å². The molecule has 0 bridgehead atoms. The van der Waals surface area contributed by atoms with Crippen molar-refractivity contribution in [2.45, 2.75) is 46.5 Å². The van der Waals surface area contributed by atoms with Crippen LogP contribution in [0.2, 0.25) is 0 Å². The summed E-state index contributed by atoms with van der Waals surface area (Å²) < 4.78 is 0. The fraction of sp³-hybridized carbons (Fsp3) is 0.857. The van der Waals surface area contributed by atoms with Crippen LogP contribution in [0.4, 0.5) is 0 Å². The van der Waals surface area contributed by atoms with Crippen molar-refractivity contribution in [1.29, 1.82) is 0 Å². The Bertz CT molecular complexity index is 267. The molecule has 0 radical (unpaired) electrons. The maximum atomic E-state index is 11.6. The third kappa shape index (κ3) is 9.47. The Morgan fingerprint density at radius 2 is 1.79 bits per heavy atom. The van der Waals surface area contributed by atoms with E-state index in [1.165, 1.54) is 0 Å². The zero-order valence-corrected chi connectivity index (χ0v) is 12.5. The summed E-state index contributed by atoms with van der Waals surface area (Å²) >= 11 is 0. The van der Waals surface area contributed by atoms with Gasteiger partial charge in [0.1, 0.15) is 0 Å². The molecule has 0 aromatic rings. The zero-order valence-electron chi connectivity index (χ0n) is 12.5. The minimum absolute atomic E-state index is 0.0608. The van der Waals surface area contributed by atoms with Crippen LogP contribution < -0.4 is 16.4 Å². The first-order valence-corrected chi connectivity index (χ1v) is 7.24. The molecule has 0 heterocycles.